The number of carbonyl (C=O) groups is 1. The monoisotopic (exact) mass is 326 g/mol. The van der Waals surface area contributed by atoms with Crippen LogP contribution < -0.4 is 10.3 Å². The number of halogens is 1. The Labute approximate surface area is 140 Å². The van der Waals surface area contributed by atoms with Crippen LogP contribution in [0.5, 0.6) is 0 Å². The van der Waals surface area contributed by atoms with E-state index in [1.807, 2.05) is 6.07 Å². The lowest BCUT2D eigenvalue weighted by Gasteiger charge is -2.18. The molecule has 0 radical (unpaired) electrons. The fourth-order valence-electron chi connectivity index (χ4n) is 2.71. The Morgan fingerprint density at radius 2 is 1.88 bits per heavy atom. The van der Waals surface area contributed by atoms with E-state index in [0.717, 1.165) is 25.9 Å². The fourth-order valence-corrected chi connectivity index (χ4v) is 2.71. The molecule has 0 bridgehead atoms. The molecule has 0 atom stereocenters. The molecule has 1 fully saturated rings. The van der Waals surface area contributed by atoms with Gasteiger partial charge in [0, 0.05) is 36.6 Å². The predicted molar refractivity (Wildman–Crippen MR) is 91.8 cm³/mol. The van der Waals surface area contributed by atoms with Crippen LogP contribution in [0.15, 0.2) is 47.8 Å². The van der Waals surface area contributed by atoms with Crippen molar-refractivity contribution in [3.8, 4) is 0 Å². The van der Waals surface area contributed by atoms with E-state index in [1.165, 1.54) is 18.5 Å². The smallest absolute Gasteiger partial charge is 0.271 e. The zero-order valence-corrected chi connectivity index (χ0v) is 13.5. The Kier molecular flexibility index (Phi) is 4.84. The maximum absolute atomic E-state index is 14.3. The highest BCUT2D eigenvalue weighted by Crippen LogP contribution is 2.24. The number of benzene rings is 1. The van der Waals surface area contributed by atoms with Gasteiger partial charge < -0.3 is 4.90 Å². The maximum Gasteiger partial charge on any atom is 0.271 e. The highest BCUT2D eigenvalue weighted by atomic mass is 19.1. The minimum absolute atomic E-state index is 0.260. The van der Waals surface area contributed by atoms with Crippen molar-refractivity contribution in [1.29, 1.82) is 0 Å². The molecule has 1 aromatic carbocycles. The van der Waals surface area contributed by atoms with Crippen LogP contribution in [0.3, 0.4) is 0 Å². The Bertz CT molecular complexity index is 755. The quantitative estimate of drug-likeness (QED) is 0.694. The van der Waals surface area contributed by atoms with Crippen LogP contribution in [0.1, 0.15) is 35.7 Å². The third-order valence-electron chi connectivity index (χ3n) is 4.08. The summed E-state index contributed by atoms with van der Waals surface area (Å²) in [5.74, 6) is -0.588. The van der Waals surface area contributed by atoms with Crippen molar-refractivity contribution in [3.05, 3.63) is 59.7 Å². The van der Waals surface area contributed by atoms with E-state index in [2.05, 4.69) is 20.4 Å². The van der Waals surface area contributed by atoms with Gasteiger partial charge in [0.2, 0.25) is 0 Å². The Morgan fingerprint density at radius 1 is 1.17 bits per heavy atom. The van der Waals surface area contributed by atoms with Gasteiger partial charge in [-0.25, -0.2) is 9.82 Å². The molecule has 0 aliphatic carbocycles. The van der Waals surface area contributed by atoms with Crippen LogP contribution in [0.4, 0.5) is 10.1 Å². The molecule has 1 aliphatic heterocycles. The first-order valence-corrected chi connectivity index (χ1v) is 7.94. The standard InChI is InChI=1S/C18H19FN4O/c1-13(21-22-18(24)14-6-8-20-9-7-14)15-4-5-17(16(19)12-15)23-10-2-3-11-23/h4-9,12H,2-3,10-11H2,1H3,(H,22,24)/b21-13-. The number of amides is 1. The summed E-state index contributed by atoms with van der Waals surface area (Å²) < 4.78 is 14.3. The molecule has 2 aromatic rings. The van der Waals surface area contributed by atoms with Gasteiger partial charge in [-0.15, -0.1) is 0 Å². The average Bonchev–Trinajstić information content (AvgIpc) is 3.14. The largest absolute Gasteiger partial charge is 0.369 e. The molecular formula is C18H19FN4O. The van der Waals surface area contributed by atoms with E-state index in [1.54, 1.807) is 25.1 Å². The first kappa shape index (κ1) is 16.1. The molecular weight excluding hydrogens is 307 g/mol. The molecule has 2 heterocycles. The topological polar surface area (TPSA) is 57.6 Å². The van der Waals surface area contributed by atoms with Gasteiger partial charge >= 0.3 is 0 Å². The number of aromatic nitrogens is 1. The number of pyridine rings is 1. The summed E-state index contributed by atoms with van der Waals surface area (Å²) in [6, 6.07) is 8.27. The zero-order chi connectivity index (χ0) is 16.9. The van der Waals surface area contributed by atoms with Gasteiger partial charge in [-0.3, -0.25) is 9.78 Å². The molecule has 6 heteroatoms. The molecule has 124 valence electrons. The maximum atomic E-state index is 14.3. The summed E-state index contributed by atoms with van der Waals surface area (Å²) in [5.41, 5.74) is 4.76. The number of nitrogens with zero attached hydrogens (tertiary/aromatic N) is 3. The van der Waals surface area contributed by atoms with Gasteiger partial charge in [-0.2, -0.15) is 5.10 Å². The van der Waals surface area contributed by atoms with Crippen LogP contribution in [-0.2, 0) is 0 Å². The number of rotatable bonds is 4. The fraction of sp³-hybridized carbons (Fsp3) is 0.278. The lowest BCUT2D eigenvalue weighted by molar-refractivity contribution is 0.0954. The van der Waals surface area contributed by atoms with Gasteiger partial charge in [0.15, 0.2) is 0 Å². The van der Waals surface area contributed by atoms with Crippen LogP contribution in [0, 0.1) is 5.82 Å². The Balaban J connectivity index is 1.71. The van der Waals surface area contributed by atoms with Crippen LogP contribution in [0.2, 0.25) is 0 Å². The normalized spacial score (nSPS) is 14.8. The van der Waals surface area contributed by atoms with Crippen LogP contribution >= 0.6 is 0 Å². The lowest BCUT2D eigenvalue weighted by Crippen LogP contribution is -2.20. The van der Waals surface area contributed by atoms with Crippen molar-refractivity contribution >= 4 is 17.3 Å². The first-order chi connectivity index (χ1) is 11.6. The first-order valence-electron chi connectivity index (χ1n) is 7.94. The molecule has 3 rings (SSSR count). The van der Waals surface area contributed by atoms with Crippen molar-refractivity contribution in [2.45, 2.75) is 19.8 Å². The molecule has 24 heavy (non-hydrogen) atoms. The predicted octanol–water partition coefficient (Wildman–Crippen LogP) is 2.97. The van der Waals surface area contributed by atoms with E-state index in [9.17, 15) is 9.18 Å². The number of hydrogen-bond donors (Lipinski definition) is 1. The zero-order valence-electron chi connectivity index (χ0n) is 13.5. The van der Waals surface area contributed by atoms with Crippen molar-refractivity contribution in [2.24, 2.45) is 5.10 Å². The third-order valence-corrected chi connectivity index (χ3v) is 4.08. The van der Waals surface area contributed by atoms with Crippen molar-refractivity contribution in [3.63, 3.8) is 0 Å². The highest BCUT2D eigenvalue weighted by Gasteiger charge is 2.16. The summed E-state index contributed by atoms with van der Waals surface area (Å²) >= 11 is 0. The van der Waals surface area contributed by atoms with E-state index in [4.69, 9.17) is 0 Å². The summed E-state index contributed by atoms with van der Waals surface area (Å²) in [7, 11) is 0. The second-order valence-electron chi connectivity index (χ2n) is 5.73. The molecule has 0 unspecified atom stereocenters. The number of anilines is 1. The Morgan fingerprint density at radius 3 is 2.54 bits per heavy atom. The lowest BCUT2D eigenvalue weighted by atomic mass is 10.1. The van der Waals surface area contributed by atoms with E-state index < -0.39 is 0 Å². The highest BCUT2D eigenvalue weighted by molar-refractivity contribution is 6.01. The van der Waals surface area contributed by atoms with Crippen LogP contribution in [0.25, 0.3) is 0 Å². The molecule has 0 saturated carbocycles. The molecule has 1 saturated heterocycles. The molecule has 1 aromatic heterocycles. The summed E-state index contributed by atoms with van der Waals surface area (Å²) in [4.78, 5) is 17.9. The SMILES string of the molecule is C/C(=N/NC(=O)c1ccncc1)c1ccc(N2CCCC2)c(F)c1. The van der Waals surface area contributed by atoms with Crippen LogP contribution in [-0.4, -0.2) is 29.7 Å². The van der Waals surface area contributed by atoms with Gasteiger partial charge in [0.1, 0.15) is 5.82 Å². The molecule has 0 spiro atoms. The van der Waals surface area contributed by atoms with E-state index >= 15 is 0 Å². The van der Waals surface area contributed by atoms with Gasteiger partial charge in [0.25, 0.3) is 5.91 Å². The minimum Gasteiger partial charge on any atom is -0.369 e. The van der Waals surface area contributed by atoms with Gasteiger partial charge in [-0.05, 0) is 44.0 Å². The molecule has 1 aliphatic rings. The second-order valence-corrected chi connectivity index (χ2v) is 5.73. The Hall–Kier alpha value is -2.76. The molecule has 1 amide bonds. The number of nitrogens with one attached hydrogen (secondary N) is 1. The van der Waals surface area contributed by atoms with Gasteiger partial charge in [-0.1, -0.05) is 6.07 Å². The van der Waals surface area contributed by atoms with Gasteiger partial charge in [0.05, 0.1) is 11.4 Å². The average molecular weight is 326 g/mol. The van der Waals surface area contributed by atoms with Crippen molar-refractivity contribution < 1.29 is 9.18 Å². The molecule has 1 N–H and O–H groups in total. The summed E-state index contributed by atoms with van der Waals surface area (Å²) in [5, 5.41) is 4.06. The van der Waals surface area contributed by atoms with Crippen molar-refractivity contribution in [2.75, 3.05) is 18.0 Å². The molecule has 5 nitrogen and oxygen atoms in total. The number of carbonyl (C=O) groups excluding carboxylic acids is 1. The second kappa shape index (κ2) is 7.21. The van der Waals surface area contributed by atoms with E-state index in [-0.39, 0.29) is 11.7 Å². The van der Waals surface area contributed by atoms with Crippen molar-refractivity contribution in [1.82, 2.24) is 10.4 Å². The summed E-state index contributed by atoms with van der Waals surface area (Å²) in [6.45, 7) is 3.52. The number of hydrazone groups is 1. The third kappa shape index (κ3) is 3.59. The summed E-state index contributed by atoms with van der Waals surface area (Å²) in [6.07, 6.45) is 5.28. The van der Waals surface area contributed by atoms with E-state index in [0.29, 0.717) is 22.5 Å². The minimum atomic E-state index is -0.328. The number of hydrogen-bond acceptors (Lipinski definition) is 4.